The molecule has 0 heterocycles. The van der Waals surface area contributed by atoms with Gasteiger partial charge in [0, 0.05) is 19.6 Å². The van der Waals surface area contributed by atoms with Crippen LogP contribution in [-0.4, -0.2) is 39.0 Å². The number of halogens is 4. The zero-order valence-corrected chi connectivity index (χ0v) is 12.7. The molecule has 0 saturated heterocycles. The van der Waals surface area contributed by atoms with E-state index in [-0.39, 0.29) is 23.1 Å². The molecule has 0 amide bonds. The lowest BCUT2D eigenvalue weighted by atomic mass is 10.1. The van der Waals surface area contributed by atoms with Gasteiger partial charge in [0.25, 0.3) is 5.92 Å². The lowest BCUT2D eigenvalue weighted by Gasteiger charge is -2.19. The van der Waals surface area contributed by atoms with Crippen molar-refractivity contribution < 1.29 is 27.2 Å². The maximum atomic E-state index is 12.9. The highest BCUT2D eigenvalue weighted by molar-refractivity contribution is 8.13. The minimum absolute atomic E-state index is 0.128. The summed E-state index contributed by atoms with van der Waals surface area (Å²) in [5.74, 6) is -3.24. The highest BCUT2D eigenvalue weighted by Crippen LogP contribution is 2.27. The summed E-state index contributed by atoms with van der Waals surface area (Å²) in [7, 11) is 0. The summed E-state index contributed by atoms with van der Waals surface area (Å²) < 4.78 is 50.3. The van der Waals surface area contributed by atoms with Gasteiger partial charge in [0.05, 0.1) is 6.92 Å². The van der Waals surface area contributed by atoms with Crippen molar-refractivity contribution in [2.75, 3.05) is 5.75 Å². The van der Waals surface area contributed by atoms with Gasteiger partial charge in [0.1, 0.15) is 6.17 Å². The van der Waals surface area contributed by atoms with Gasteiger partial charge in [-0.3, -0.25) is 9.59 Å². The van der Waals surface area contributed by atoms with Gasteiger partial charge < -0.3 is 0 Å². The van der Waals surface area contributed by atoms with Crippen molar-refractivity contribution >= 4 is 34.6 Å². The van der Waals surface area contributed by atoms with E-state index >= 15 is 0 Å². The molecule has 0 aliphatic rings. The molecular weight excluding hydrogens is 304 g/mol. The fourth-order valence-electron chi connectivity index (χ4n) is 0.962. The Morgan fingerprint density at radius 3 is 2.11 bits per heavy atom. The van der Waals surface area contributed by atoms with Gasteiger partial charge in [-0.05, 0) is 24.6 Å². The van der Waals surface area contributed by atoms with Crippen LogP contribution in [0.1, 0.15) is 33.6 Å². The molecule has 0 spiro atoms. The zero-order valence-electron chi connectivity index (χ0n) is 11.0. The first kappa shape index (κ1) is 21.1. The van der Waals surface area contributed by atoms with Gasteiger partial charge in [-0.1, -0.05) is 0 Å². The standard InChI is InChI=1S/C9H14F4OS.C2H4OS/c1-6(14)15-5-3-4-7(10)8(11)9(2,12)13;1-2(3)4/h7-8H,3-5H2,1-2H3;1H3,(H,3,4)/p+1. The fourth-order valence-corrected chi connectivity index (χ4v) is 1.57. The highest BCUT2D eigenvalue weighted by atomic mass is 32.2. The van der Waals surface area contributed by atoms with Crippen LogP contribution in [0.4, 0.5) is 17.6 Å². The largest absolute Gasteiger partial charge is 0.347 e. The van der Waals surface area contributed by atoms with Gasteiger partial charge >= 0.3 is 5.12 Å². The van der Waals surface area contributed by atoms with Gasteiger partial charge in [-0.2, -0.15) is 0 Å². The average Bonchev–Trinajstić information content (AvgIpc) is 2.20. The molecule has 2 nitrogen and oxygen atoms in total. The third-order valence-corrected chi connectivity index (χ3v) is 2.65. The van der Waals surface area contributed by atoms with Crippen molar-refractivity contribution in [1.82, 2.24) is 0 Å². The molecule has 0 saturated carbocycles. The lowest BCUT2D eigenvalue weighted by Crippen LogP contribution is -2.34. The van der Waals surface area contributed by atoms with Gasteiger partial charge in [-0.25, -0.2) is 17.6 Å². The number of carbonyl (C=O) groups excluding carboxylic acids is 2. The molecule has 0 rings (SSSR count). The number of thiol groups is 1. The van der Waals surface area contributed by atoms with Crippen molar-refractivity contribution in [1.29, 1.82) is 0 Å². The Kier molecular flexibility index (Phi) is 11.7. The monoisotopic (exact) mass is 323 g/mol. The van der Waals surface area contributed by atoms with Gasteiger partial charge in [0.2, 0.25) is 0 Å². The molecule has 2 atom stereocenters. The van der Waals surface area contributed by atoms with Crippen molar-refractivity contribution in [2.45, 2.75) is 51.9 Å². The van der Waals surface area contributed by atoms with Crippen molar-refractivity contribution in [3.8, 4) is 0 Å². The Morgan fingerprint density at radius 1 is 1.37 bits per heavy atom. The smallest absolute Gasteiger partial charge is 0.288 e. The number of hydrogen-bond acceptors (Lipinski definition) is 2. The third kappa shape index (κ3) is 15.7. The Morgan fingerprint density at radius 2 is 1.79 bits per heavy atom. The van der Waals surface area contributed by atoms with E-state index in [1.54, 1.807) is 0 Å². The second-order valence-electron chi connectivity index (χ2n) is 3.90. The number of hydrogen-bond donors (Lipinski definition) is 1. The van der Waals surface area contributed by atoms with Crippen LogP contribution in [0.5, 0.6) is 0 Å². The van der Waals surface area contributed by atoms with Crippen LogP contribution in [0.15, 0.2) is 0 Å². The molecule has 8 heteroatoms. The number of alkyl halides is 4. The van der Waals surface area contributed by atoms with E-state index in [4.69, 9.17) is 4.79 Å². The van der Waals surface area contributed by atoms with Crippen LogP contribution in [0.3, 0.4) is 0 Å². The normalized spacial score (nSPS) is 14.1. The number of rotatable bonds is 6. The fraction of sp³-hybridized carbons (Fsp3) is 0.818. The molecule has 1 N–H and O–H groups in total. The Balaban J connectivity index is 0. The molecule has 0 bridgehead atoms. The summed E-state index contributed by atoms with van der Waals surface area (Å²) in [6, 6.07) is 0. The molecule has 19 heavy (non-hydrogen) atoms. The zero-order chi connectivity index (χ0) is 15.6. The maximum absolute atomic E-state index is 12.9. The van der Waals surface area contributed by atoms with Gasteiger partial charge in [-0.15, -0.1) is 12.6 Å². The molecule has 0 aromatic heterocycles. The number of carbonyl (C=O) groups is 1. The van der Waals surface area contributed by atoms with Gasteiger partial charge in [0.15, 0.2) is 11.3 Å². The lowest BCUT2D eigenvalue weighted by molar-refractivity contribution is -0.108. The Hall–Kier alpha value is -0.240. The van der Waals surface area contributed by atoms with E-state index < -0.39 is 18.3 Å². The van der Waals surface area contributed by atoms with E-state index in [9.17, 15) is 22.4 Å². The predicted molar refractivity (Wildman–Crippen MR) is 74.4 cm³/mol. The topological polar surface area (TPSA) is 38.5 Å². The summed E-state index contributed by atoms with van der Waals surface area (Å²) in [6.07, 6.45) is -4.91. The molecule has 0 aliphatic heterocycles. The molecule has 0 fully saturated rings. The first-order chi connectivity index (χ1) is 8.48. The molecule has 0 radical (unpaired) electrons. The van der Waals surface area contributed by atoms with Crippen LogP contribution in [0.25, 0.3) is 0 Å². The van der Waals surface area contributed by atoms with E-state index in [1.807, 2.05) is 0 Å². The molecule has 0 aromatic carbocycles. The summed E-state index contributed by atoms with van der Waals surface area (Å²) in [4.78, 5) is 18.1. The molecule has 114 valence electrons. The van der Waals surface area contributed by atoms with Crippen molar-refractivity contribution in [3.05, 3.63) is 0 Å². The molecule has 0 aromatic rings. The summed E-state index contributed by atoms with van der Waals surface area (Å²) in [5.41, 5.74) is 0. The minimum atomic E-state index is -3.63. The second kappa shape index (κ2) is 10.5. The van der Waals surface area contributed by atoms with Crippen LogP contribution >= 0.6 is 24.4 Å². The van der Waals surface area contributed by atoms with E-state index in [0.29, 0.717) is 12.7 Å². The Labute approximate surface area is 120 Å². The first-order valence-electron chi connectivity index (χ1n) is 5.49. The highest BCUT2D eigenvalue weighted by Gasteiger charge is 2.40. The van der Waals surface area contributed by atoms with Crippen LogP contribution < -0.4 is 0 Å². The molecule has 0 aliphatic carbocycles. The minimum Gasteiger partial charge on any atom is -0.288 e. The molecule has 2 unspecified atom stereocenters. The third-order valence-electron chi connectivity index (χ3n) is 1.74. The number of thioether (sulfide) groups is 1. The average molecular weight is 323 g/mol. The van der Waals surface area contributed by atoms with Crippen molar-refractivity contribution in [2.24, 2.45) is 0 Å². The van der Waals surface area contributed by atoms with Crippen LogP contribution in [-0.2, 0) is 4.79 Å². The Bertz CT molecular complexity index is 278. The maximum Gasteiger partial charge on any atom is 0.347 e. The summed E-state index contributed by atoms with van der Waals surface area (Å²) in [6.45, 7) is 3.23. The van der Waals surface area contributed by atoms with Crippen LogP contribution in [0.2, 0.25) is 0 Å². The van der Waals surface area contributed by atoms with E-state index in [0.717, 1.165) is 11.8 Å². The summed E-state index contributed by atoms with van der Waals surface area (Å²) in [5, 5.41) is -0.0111. The van der Waals surface area contributed by atoms with Crippen molar-refractivity contribution in [3.63, 3.8) is 0 Å². The molecular formula is C11H19F4O2S2+. The SMILES string of the molecule is CC(=O)S.CC(=[OH+])SCCCC(F)C(F)C(C)(F)F. The quantitative estimate of drug-likeness (QED) is 0.349. The first-order valence-corrected chi connectivity index (χ1v) is 6.92. The van der Waals surface area contributed by atoms with Crippen LogP contribution in [0, 0.1) is 0 Å². The van der Waals surface area contributed by atoms with E-state index in [2.05, 4.69) is 12.6 Å². The summed E-state index contributed by atoms with van der Waals surface area (Å²) >= 11 is 4.42. The van der Waals surface area contributed by atoms with E-state index in [1.165, 1.54) is 13.8 Å². The second-order valence-corrected chi connectivity index (χ2v) is 5.82. The predicted octanol–water partition coefficient (Wildman–Crippen LogP) is 3.82.